The number of benzene rings is 2. The molecule has 0 nitrogen and oxygen atoms in total. The van der Waals surface area contributed by atoms with Crippen molar-refractivity contribution >= 4 is 26.7 Å². The van der Waals surface area contributed by atoms with Crippen molar-refractivity contribution in [2.75, 3.05) is 0 Å². The molecule has 1 saturated carbocycles. The molecule has 2 aliphatic rings. The van der Waals surface area contributed by atoms with Crippen LogP contribution in [0.4, 0.5) is 0 Å². The molecule has 0 spiro atoms. The highest BCUT2D eigenvalue weighted by Crippen LogP contribution is 2.46. The van der Waals surface area contributed by atoms with Crippen LogP contribution in [0.1, 0.15) is 40.8 Å². The lowest BCUT2D eigenvalue weighted by Crippen LogP contribution is -2.16. The maximum absolute atomic E-state index is 3.95. The van der Waals surface area contributed by atoms with Crippen LogP contribution in [0, 0.1) is 5.92 Å². The fourth-order valence-corrected chi connectivity index (χ4v) is 4.42. The van der Waals surface area contributed by atoms with Gasteiger partial charge in [-0.15, -0.1) is 0 Å². The topological polar surface area (TPSA) is 0 Å². The SMILES string of the molecule is BrC(c1ccc2c3c(cccc13)CC2)C1CCC1. The van der Waals surface area contributed by atoms with Gasteiger partial charge in [0.25, 0.3) is 0 Å². The molecule has 0 saturated heterocycles. The first-order valence-electron chi connectivity index (χ1n) is 7.02. The van der Waals surface area contributed by atoms with Crippen LogP contribution in [-0.4, -0.2) is 0 Å². The van der Waals surface area contributed by atoms with Gasteiger partial charge in [-0.3, -0.25) is 0 Å². The molecule has 0 N–H and O–H groups in total. The molecule has 2 aromatic carbocycles. The Morgan fingerprint density at radius 2 is 1.78 bits per heavy atom. The molecule has 0 radical (unpaired) electrons. The second kappa shape index (κ2) is 4.09. The van der Waals surface area contributed by atoms with Gasteiger partial charge in [0.15, 0.2) is 0 Å². The second-order valence-electron chi connectivity index (χ2n) is 5.75. The summed E-state index contributed by atoms with van der Waals surface area (Å²) in [5.41, 5.74) is 4.62. The molecule has 0 amide bonds. The van der Waals surface area contributed by atoms with Gasteiger partial charge >= 0.3 is 0 Å². The minimum absolute atomic E-state index is 0.552. The molecule has 0 heterocycles. The summed E-state index contributed by atoms with van der Waals surface area (Å²) in [5, 5.41) is 3.05. The molecule has 2 aliphatic carbocycles. The van der Waals surface area contributed by atoms with Crippen LogP contribution in [0.3, 0.4) is 0 Å². The first-order valence-corrected chi connectivity index (χ1v) is 7.93. The third-order valence-electron chi connectivity index (χ3n) is 4.77. The number of hydrogen-bond acceptors (Lipinski definition) is 0. The van der Waals surface area contributed by atoms with Crippen LogP contribution in [-0.2, 0) is 12.8 Å². The first kappa shape index (κ1) is 11.0. The Morgan fingerprint density at radius 3 is 2.50 bits per heavy atom. The van der Waals surface area contributed by atoms with E-state index in [9.17, 15) is 0 Å². The zero-order valence-corrected chi connectivity index (χ0v) is 12.0. The van der Waals surface area contributed by atoms with Crippen LogP contribution in [0.15, 0.2) is 30.3 Å². The standard InChI is InChI=1S/C17H17Br/c18-17(13-4-1-5-13)15-10-9-12-8-7-11-3-2-6-14(15)16(11)12/h2-3,6,9-10,13,17H,1,4-5,7-8H2. The van der Waals surface area contributed by atoms with Gasteiger partial charge in [-0.1, -0.05) is 52.7 Å². The van der Waals surface area contributed by atoms with Crippen LogP contribution >= 0.6 is 15.9 Å². The molecule has 1 heteroatoms. The summed E-state index contributed by atoms with van der Waals surface area (Å²) in [5.74, 6) is 0.850. The fraction of sp³-hybridized carbons (Fsp3) is 0.412. The summed E-state index contributed by atoms with van der Waals surface area (Å²) >= 11 is 3.95. The zero-order chi connectivity index (χ0) is 12.1. The van der Waals surface area contributed by atoms with E-state index in [1.165, 1.54) is 43.1 Å². The van der Waals surface area contributed by atoms with E-state index in [-0.39, 0.29) is 0 Å². The largest absolute Gasteiger partial charge is 0.0836 e. The first-order chi connectivity index (χ1) is 8.84. The molecule has 4 rings (SSSR count). The summed E-state index contributed by atoms with van der Waals surface area (Å²) in [6, 6.07) is 11.6. The van der Waals surface area contributed by atoms with E-state index >= 15 is 0 Å². The summed E-state index contributed by atoms with van der Waals surface area (Å²) in [6.07, 6.45) is 6.64. The summed E-state index contributed by atoms with van der Waals surface area (Å²) < 4.78 is 0. The van der Waals surface area contributed by atoms with E-state index in [0.29, 0.717) is 4.83 Å². The maximum Gasteiger partial charge on any atom is 0.0429 e. The van der Waals surface area contributed by atoms with Crippen molar-refractivity contribution in [3.63, 3.8) is 0 Å². The highest BCUT2D eigenvalue weighted by Gasteiger charge is 2.28. The highest BCUT2D eigenvalue weighted by molar-refractivity contribution is 9.09. The average molecular weight is 301 g/mol. The van der Waals surface area contributed by atoms with E-state index in [4.69, 9.17) is 0 Å². The third kappa shape index (κ3) is 1.50. The van der Waals surface area contributed by atoms with Crippen molar-refractivity contribution in [2.24, 2.45) is 5.92 Å². The van der Waals surface area contributed by atoms with Crippen LogP contribution in [0.2, 0.25) is 0 Å². The smallest absolute Gasteiger partial charge is 0.0429 e. The van der Waals surface area contributed by atoms with Crippen LogP contribution in [0.25, 0.3) is 10.8 Å². The van der Waals surface area contributed by atoms with E-state index in [2.05, 4.69) is 46.3 Å². The highest BCUT2D eigenvalue weighted by atomic mass is 79.9. The van der Waals surface area contributed by atoms with Crippen molar-refractivity contribution < 1.29 is 0 Å². The fourth-order valence-electron chi connectivity index (χ4n) is 3.50. The maximum atomic E-state index is 3.95. The molecule has 0 bridgehead atoms. The molecule has 0 aliphatic heterocycles. The van der Waals surface area contributed by atoms with E-state index in [1.54, 1.807) is 16.5 Å². The van der Waals surface area contributed by atoms with Gasteiger partial charge in [-0.2, -0.15) is 0 Å². The molecular weight excluding hydrogens is 284 g/mol. The number of hydrogen-bond donors (Lipinski definition) is 0. The summed E-state index contributed by atoms with van der Waals surface area (Å²) in [4.78, 5) is 0.552. The van der Waals surface area contributed by atoms with E-state index in [1.807, 2.05) is 0 Å². The summed E-state index contributed by atoms with van der Waals surface area (Å²) in [7, 11) is 0. The van der Waals surface area contributed by atoms with E-state index < -0.39 is 0 Å². The minimum Gasteiger partial charge on any atom is -0.0836 e. The lowest BCUT2D eigenvalue weighted by molar-refractivity contribution is 0.313. The lowest BCUT2D eigenvalue weighted by Gasteiger charge is -2.31. The van der Waals surface area contributed by atoms with Crippen molar-refractivity contribution in [1.82, 2.24) is 0 Å². The van der Waals surface area contributed by atoms with Crippen LogP contribution in [0.5, 0.6) is 0 Å². The molecule has 2 aromatic rings. The van der Waals surface area contributed by atoms with Crippen LogP contribution < -0.4 is 0 Å². The van der Waals surface area contributed by atoms with Gasteiger partial charge in [0.1, 0.15) is 0 Å². The van der Waals surface area contributed by atoms with Gasteiger partial charge in [0.2, 0.25) is 0 Å². The lowest BCUT2D eigenvalue weighted by atomic mass is 9.79. The van der Waals surface area contributed by atoms with Gasteiger partial charge in [-0.05, 0) is 59.1 Å². The van der Waals surface area contributed by atoms with Crippen molar-refractivity contribution in [3.8, 4) is 0 Å². The molecular formula is C17H17Br. The number of rotatable bonds is 2. The number of alkyl halides is 1. The van der Waals surface area contributed by atoms with Crippen molar-refractivity contribution in [2.45, 2.75) is 36.9 Å². The Kier molecular flexibility index (Phi) is 2.51. The van der Waals surface area contributed by atoms with Gasteiger partial charge in [0, 0.05) is 4.83 Å². The van der Waals surface area contributed by atoms with Gasteiger partial charge in [-0.25, -0.2) is 0 Å². The Balaban J connectivity index is 1.91. The van der Waals surface area contributed by atoms with Gasteiger partial charge in [0.05, 0.1) is 0 Å². The van der Waals surface area contributed by atoms with Crippen molar-refractivity contribution in [1.29, 1.82) is 0 Å². The zero-order valence-electron chi connectivity index (χ0n) is 10.5. The molecule has 18 heavy (non-hydrogen) atoms. The Labute approximate surface area is 117 Å². The normalized spacial score (nSPS) is 20.1. The monoisotopic (exact) mass is 300 g/mol. The predicted octanol–water partition coefficient (Wildman–Crippen LogP) is 5.17. The second-order valence-corrected chi connectivity index (χ2v) is 6.73. The number of aryl methyl sites for hydroxylation is 2. The molecule has 1 fully saturated rings. The quantitative estimate of drug-likeness (QED) is 0.671. The Bertz CT molecular complexity index is 600. The molecule has 1 atom stereocenters. The molecule has 0 aromatic heterocycles. The predicted molar refractivity (Wildman–Crippen MR) is 80.4 cm³/mol. The summed E-state index contributed by atoms with van der Waals surface area (Å²) in [6.45, 7) is 0. The van der Waals surface area contributed by atoms with E-state index in [0.717, 1.165) is 5.92 Å². The molecule has 92 valence electrons. The third-order valence-corrected chi connectivity index (χ3v) is 6.01. The average Bonchev–Trinajstić information content (AvgIpc) is 2.73. The Hall–Kier alpha value is -0.820. The van der Waals surface area contributed by atoms with Gasteiger partial charge < -0.3 is 0 Å². The van der Waals surface area contributed by atoms with Crippen molar-refractivity contribution in [3.05, 3.63) is 47.0 Å². The minimum atomic E-state index is 0.552. The Morgan fingerprint density at radius 1 is 1.00 bits per heavy atom. The number of halogens is 1. The molecule has 1 unspecified atom stereocenters.